The molecule has 0 aliphatic rings. The second-order valence-electron chi connectivity index (χ2n) is 4.78. The van der Waals surface area contributed by atoms with Crippen LogP contribution in [0.1, 0.15) is 12.5 Å². The maximum absolute atomic E-state index is 12.0. The van der Waals surface area contributed by atoms with E-state index in [1.165, 1.54) is 11.9 Å². The molecule has 5 heteroatoms. The Morgan fingerprint density at radius 3 is 2.65 bits per heavy atom. The average Bonchev–Trinajstić information content (AvgIpc) is 2.76. The zero-order chi connectivity index (χ0) is 14.7. The second kappa shape index (κ2) is 5.77. The molecule has 1 aromatic heterocycles. The number of rotatable bonds is 5. The zero-order valence-corrected chi connectivity index (χ0v) is 11.7. The first-order chi connectivity index (χ1) is 9.52. The molecule has 0 aliphatic carbocycles. The third-order valence-corrected chi connectivity index (χ3v) is 3.35. The fourth-order valence-electron chi connectivity index (χ4n) is 2.31. The molecule has 1 aromatic carbocycles. The van der Waals surface area contributed by atoms with Crippen molar-refractivity contribution in [1.29, 1.82) is 0 Å². The molecule has 0 saturated heterocycles. The summed E-state index contributed by atoms with van der Waals surface area (Å²) in [6, 6.07) is 7.92. The van der Waals surface area contributed by atoms with E-state index in [0.29, 0.717) is 0 Å². The van der Waals surface area contributed by atoms with E-state index in [0.717, 1.165) is 23.0 Å². The van der Waals surface area contributed by atoms with Gasteiger partial charge in [0.1, 0.15) is 6.54 Å². The molecular formula is C15H18N2O3. The van der Waals surface area contributed by atoms with E-state index in [9.17, 15) is 9.59 Å². The maximum Gasteiger partial charge on any atom is 0.323 e. The number of hydrogen-bond donors (Lipinski definition) is 1. The highest BCUT2D eigenvalue weighted by molar-refractivity contribution is 5.90. The van der Waals surface area contributed by atoms with Gasteiger partial charge in [-0.2, -0.15) is 0 Å². The first-order valence-corrected chi connectivity index (χ1v) is 6.55. The maximum atomic E-state index is 12.0. The standard InChI is InChI=1S/C15H18N2O3/c1-3-17-9-11(12-6-4-5-7-13(12)17)8-14(18)16(2)10-15(19)20/h4-7,9H,3,8,10H2,1-2H3,(H,19,20). The lowest BCUT2D eigenvalue weighted by Crippen LogP contribution is -2.33. The summed E-state index contributed by atoms with van der Waals surface area (Å²) in [4.78, 5) is 23.9. The van der Waals surface area contributed by atoms with E-state index in [1.807, 2.05) is 30.5 Å². The van der Waals surface area contributed by atoms with Crippen LogP contribution < -0.4 is 0 Å². The molecule has 0 fully saturated rings. The van der Waals surface area contributed by atoms with Gasteiger partial charge in [-0.3, -0.25) is 9.59 Å². The number of aryl methyl sites for hydroxylation is 1. The van der Waals surface area contributed by atoms with E-state index < -0.39 is 5.97 Å². The first-order valence-electron chi connectivity index (χ1n) is 6.55. The lowest BCUT2D eigenvalue weighted by atomic mass is 10.1. The Kier molecular flexibility index (Phi) is 4.08. The largest absolute Gasteiger partial charge is 0.480 e. The lowest BCUT2D eigenvalue weighted by Gasteiger charge is -2.13. The number of carbonyl (C=O) groups excluding carboxylic acids is 1. The van der Waals surface area contributed by atoms with Gasteiger partial charge in [-0.05, 0) is 18.6 Å². The Hall–Kier alpha value is -2.30. The average molecular weight is 274 g/mol. The van der Waals surface area contributed by atoms with Crippen molar-refractivity contribution in [3.63, 3.8) is 0 Å². The quantitative estimate of drug-likeness (QED) is 0.903. The second-order valence-corrected chi connectivity index (χ2v) is 4.78. The van der Waals surface area contributed by atoms with Crippen molar-refractivity contribution in [1.82, 2.24) is 9.47 Å². The number of nitrogens with zero attached hydrogens (tertiary/aromatic N) is 2. The summed E-state index contributed by atoms with van der Waals surface area (Å²) in [5.74, 6) is -1.19. The molecule has 2 rings (SSSR count). The van der Waals surface area contributed by atoms with E-state index in [-0.39, 0.29) is 18.9 Å². The summed E-state index contributed by atoms with van der Waals surface area (Å²) in [5.41, 5.74) is 2.03. The van der Waals surface area contributed by atoms with Crippen molar-refractivity contribution >= 4 is 22.8 Å². The van der Waals surface area contributed by atoms with Crippen molar-refractivity contribution in [3.05, 3.63) is 36.0 Å². The van der Waals surface area contributed by atoms with Gasteiger partial charge in [-0.15, -0.1) is 0 Å². The predicted octanol–water partition coefficient (Wildman–Crippen LogP) is 1.75. The van der Waals surface area contributed by atoms with Crippen LogP contribution in [0.3, 0.4) is 0 Å². The van der Waals surface area contributed by atoms with Crippen LogP contribution >= 0.6 is 0 Å². The molecule has 106 valence electrons. The smallest absolute Gasteiger partial charge is 0.323 e. The Morgan fingerprint density at radius 1 is 1.30 bits per heavy atom. The van der Waals surface area contributed by atoms with Gasteiger partial charge in [-0.25, -0.2) is 0 Å². The lowest BCUT2D eigenvalue weighted by molar-refractivity contribution is -0.143. The van der Waals surface area contributed by atoms with Gasteiger partial charge < -0.3 is 14.6 Å². The third-order valence-electron chi connectivity index (χ3n) is 3.35. The molecule has 0 aliphatic heterocycles. The number of fused-ring (bicyclic) bond motifs is 1. The minimum absolute atomic E-state index is 0.189. The number of aliphatic carboxylic acids is 1. The van der Waals surface area contributed by atoms with Gasteiger partial charge in [0.05, 0.1) is 6.42 Å². The van der Waals surface area contributed by atoms with Gasteiger partial charge in [0.15, 0.2) is 0 Å². The van der Waals surface area contributed by atoms with E-state index >= 15 is 0 Å². The van der Waals surface area contributed by atoms with Crippen molar-refractivity contribution in [3.8, 4) is 0 Å². The number of para-hydroxylation sites is 1. The number of likely N-dealkylation sites (N-methyl/N-ethyl adjacent to an activating group) is 1. The number of carbonyl (C=O) groups is 2. The van der Waals surface area contributed by atoms with E-state index in [4.69, 9.17) is 5.11 Å². The number of aromatic nitrogens is 1. The Balaban J connectivity index is 2.25. The highest BCUT2D eigenvalue weighted by Crippen LogP contribution is 2.22. The number of carboxylic acid groups (broad SMARTS) is 1. The van der Waals surface area contributed by atoms with Gasteiger partial charge in [-0.1, -0.05) is 18.2 Å². The molecule has 0 unspecified atom stereocenters. The van der Waals surface area contributed by atoms with Gasteiger partial charge in [0.25, 0.3) is 0 Å². The third kappa shape index (κ3) is 2.82. The summed E-state index contributed by atoms with van der Waals surface area (Å²) in [7, 11) is 1.51. The zero-order valence-electron chi connectivity index (χ0n) is 11.7. The van der Waals surface area contributed by atoms with Crippen LogP contribution in [0.25, 0.3) is 10.9 Å². The van der Waals surface area contributed by atoms with Crippen LogP contribution in [0, 0.1) is 0 Å². The van der Waals surface area contributed by atoms with E-state index in [1.54, 1.807) is 0 Å². The monoisotopic (exact) mass is 274 g/mol. The summed E-state index contributed by atoms with van der Waals surface area (Å²) in [6.45, 7) is 2.61. The fraction of sp³-hybridized carbons (Fsp3) is 0.333. The highest BCUT2D eigenvalue weighted by atomic mass is 16.4. The highest BCUT2D eigenvalue weighted by Gasteiger charge is 2.15. The Morgan fingerprint density at radius 2 is 2.00 bits per heavy atom. The SMILES string of the molecule is CCn1cc(CC(=O)N(C)CC(=O)O)c2ccccc21. The van der Waals surface area contributed by atoms with Crippen LogP contribution in [0.4, 0.5) is 0 Å². The van der Waals surface area contributed by atoms with E-state index in [2.05, 4.69) is 11.5 Å². The Bertz CT molecular complexity index is 646. The number of carboxylic acids is 1. The molecule has 2 aromatic rings. The van der Waals surface area contributed by atoms with Gasteiger partial charge >= 0.3 is 5.97 Å². The normalized spacial score (nSPS) is 10.7. The van der Waals surface area contributed by atoms with Gasteiger partial charge in [0.2, 0.25) is 5.91 Å². The number of amides is 1. The Labute approximate surface area is 117 Å². The summed E-state index contributed by atoms with van der Waals surface area (Å²) >= 11 is 0. The summed E-state index contributed by atoms with van der Waals surface area (Å²) in [5, 5.41) is 9.76. The molecular weight excluding hydrogens is 256 g/mol. The molecule has 0 atom stereocenters. The first kappa shape index (κ1) is 14.1. The fourth-order valence-corrected chi connectivity index (χ4v) is 2.31. The van der Waals surface area contributed by atoms with Gasteiger partial charge in [0, 0.05) is 30.7 Å². The molecule has 0 saturated carbocycles. The van der Waals surface area contributed by atoms with Crippen molar-refractivity contribution in [2.75, 3.05) is 13.6 Å². The van der Waals surface area contributed by atoms with Crippen LogP contribution in [0.2, 0.25) is 0 Å². The van der Waals surface area contributed by atoms with Crippen molar-refractivity contribution in [2.45, 2.75) is 19.9 Å². The molecule has 1 N–H and O–H groups in total. The van der Waals surface area contributed by atoms with Crippen LogP contribution in [-0.4, -0.2) is 40.0 Å². The number of benzene rings is 1. The minimum atomic E-state index is -1.00. The van der Waals surface area contributed by atoms with Crippen LogP contribution in [-0.2, 0) is 22.6 Å². The molecule has 0 radical (unpaired) electrons. The minimum Gasteiger partial charge on any atom is -0.480 e. The van der Waals surface area contributed by atoms with Crippen LogP contribution in [0.5, 0.6) is 0 Å². The molecule has 5 nitrogen and oxygen atoms in total. The predicted molar refractivity (Wildman–Crippen MR) is 76.6 cm³/mol. The number of hydrogen-bond acceptors (Lipinski definition) is 2. The molecule has 1 heterocycles. The van der Waals surface area contributed by atoms with Crippen molar-refractivity contribution < 1.29 is 14.7 Å². The van der Waals surface area contributed by atoms with Crippen LogP contribution in [0.15, 0.2) is 30.5 Å². The molecule has 0 spiro atoms. The molecule has 20 heavy (non-hydrogen) atoms. The summed E-state index contributed by atoms with van der Waals surface area (Å²) in [6.07, 6.45) is 2.19. The summed E-state index contributed by atoms with van der Waals surface area (Å²) < 4.78 is 2.09. The van der Waals surface area contributed by atoms with Crippen molar-refractivity contribution in [2.24, 2.45) is 0 Å². The molecule has 0 bridgehead atoms. The molecule has 1 amide bonds. The topological polar surface area (TPSA) is 62.5 Å².